The lowest BCUT2D eigenvalue weighted by Gasteiger charge is -2.21. The van der Waals surface area contributed by atoms with Gasteiger partial charge in [-0.05, 0) is 43.1 Å². The summed E-state index contributed by atoms with van der Waals surface area (Å²) >= 11 is 0. The predicted molar refractivity (Wildman–Crippen MR) is 105 cm³/mol. The number of pyridine rings is 2. The maximum atomic E-state index is 11.6. The van der Waals surface area contributed by atoms with Gasteiger partial charge < -0.3 is 14.6 Å². The van der Waals surface area contributed by atoms with Gasteiger partial charge in [-0.1, -0.05) is 11.2 Å². The molecule has 9 nitrogen and oxygen atoms in total. The molecule has 4 rings (SSSR count). The van der Waals surface area contributed by atoms with Gasteiger partial charge in [0.05, 0.1) is 6.04 Å². The first-order valence-electron chi connectivity index (χ1n) is 9.44. The molecule has 0 saturated carbocycles. The number of rotatable bonds is 7. The van der Waals surface area contributed by atoms with Gasteiger partial charge in [0.25, 0.3) is 5.91 Å². The monoisotopic (exact) mass is 394 g/mol. The van der Waals surface area contributed by atoms with Gasteiger partial charge in [0, 0.05) is 37.8 Å². The molecule has 3 aromatic rings. The number of methoxy groups -OCH3 is 1. The SMILES string of the molecule is COCC(=O)Nc1ccc(-c2noc(C3CCCN3Cc3cccnc3)n2)cn1. The highest BCUT2D eigenvalue weighted by molar-refractivity contribution is 5.90. The van der Waals surface area contributed by atoms with Crippen LogP contribution in [0.4, 0.5) is 5.82 Å². The number of likely N-dealkylation sites (tertiary alicyclic amines) is 1. The molecular formula is C20H22N6O3. The molecule has 0 aliphatic carbocycles. The number of anilines is 1. The van der Waals surface area contributed by atoms with Crippen LogP contribution in [0.2, 0.25) is 0 Å². The second kappa shape index (κ2) is 8.89. The number of aromatic nitrogens is 4. The second-order valence-corrected chi connectivity index (χ2v) is 6.86. The number of ether oxygens (including phenoxy) is 1. The highest BCUT2D eigenvalue weighted by Crippen LogP contribution is 2.33. The van der Waals surface area contributed by atoms with Crippen LogP contribution in [0.1, 0.15) is 30.3 Å². The van der Waals surface area contributed by atoms with E-state index in [1.165, 1.54) is 7.11 Å². The van der Waals surface area contributed by atoms with E-state index < -0.39 is 0 Å². The molecule has 1 unspecified atom stereocenters. The van der Waals surface area contributed by atoms with Crippen LogP contribution in [0.3, 0.4) is 0 Å². The Hall–Kier alpha value is -3.17. The summed E-state index contributed by atoms with van der Waals surface area (Å²) in [5.41, 5.74) is 1.89. The van der Waals surface area contributed by atoms with Crippen LogP contribution in [0.15, 0.2) is 47.4 Å². The van der Waals surface area contributed by atoms with E-state index in [9.17, 15) is 4.79 Å². The maximum Gasteiger partial charge on any atom is 0.251 e. The number of hydrogen-bond acceptors (Lipinski definition) is 8. The van der Waals surface area contributed by atoms with Gasteiger partial charge in [-0.3, -0.25) is 14.7 Å². The first kappa shape index (κ1) is 19.2. The number of carbonyl (C=O) groups excluding carboxylic acids is 1. The van der Waals surface area contributed by atoms with Gasteiger partial charge in [0.15, 0.2) is 0 Å². The minimum Gasteiger partial charge on any atom is -0.375 e. The van der Waals surface area contributed by atoms with Crippen molar-refractivity contribution in [1.82, 2.24) is 25.0 Å². The first-order valence-corrected chi connectivity index (χ1v) is 9.44. The van der Waals surface area contributed by atoms with Gasteiger partial charge in [0.2, 0.25) is 11.7 Å². The second-order valence-electron chi connectivity index (χ2n) is 6.86. The highest BCUT2D eigenvalue weighted by atomic mass is 16.5. The standard InChI is InChI=1S/C20H22N6O3/c1-28-13-18(27)23-17-7-6-15(11-22-17)19-24-20(29-25-19)16-5-3-9-26(16)12-14-4-2-8-21-10-14/h2,4,6-8,10-11,16H,3,5,9,12-13H2,1H3,(H,22,23,27). The third kappa shape index (κ3) is 4.64. The van der Waals surface area contributed by atoms with Crippen molar-refractivity contribution in [3.05, 3.63) is 54.3 Å². The zero-order valence-electron chi connectivity index (χ0n) is 16.1. The van der Waals surface area contributed by atoms with E-state index in [-0.39, 0.29) is 18.6 Å². The van der Waals surface area contributed by atoms with E-state index in [1.54, 1.807) is 24.5 Å². The summed E-state index contributed by atoms with van der Waals surface area (Å²) in [5.74, 6) is 1.27. The van der Waals surface area contributed by atoms with Gasteiger partial charge in [-0.25, -0.2) is 4.98 Å². The third-order valence-corrected chi connectivity index (χ3v) is 4.76. The van der Waals surface area contributed by atoms with Crippen LogP contribution >= 0.6 is 0 Å². The summed E-state index contributed by atoms with van der Waals surface area (Å²) in [4.78, 5) is 26.9. The van der Waals surface area contributed by atoms with Gasteiger partial charge in [0.1, 0.15) is 12.4 Å². The maximum absolute atomic E-state index is 11.6. The zero-order chi connectivity index (χ0) is 20.1. The molecule has 1 amide bonds. The van der Waals surface area contributed by atoms with E-state index in [2.05, 4.69) is 36.4 Å². The lowest BCUT2D eigenvalue weighted by Crippen LogP contribution is -2.23. The van der Waals surface area contributed by atoms with Crippen molar-refractivity contribution < 1.29 is 14.1 Å². The Labute approximate surface area is 168 Å². The molecule has 4 heterocycles. The molecule has 0 radical (unpaired) electrons. The largest absolute Gasteiger partial charge is 0.375 e. The van der Waals surface area contributed by atoms with Crippen LogP contribution in [0, 0.1) is 0 Å². The van der Waals surface area contributed by atoms with E-state index in [4.69, 9.17) is 9.26 Å². The lowest BCUT2D eigenvalue weighted by atomic mass is 10.2. The molecule has 1 atom stereocenters. The van der Waals surface area contributed by atoms with Crippen molar-refractivity contribution in [3.8, 4) is 11.4 Å². The Morgan fingerprint density at radius 1 is 1.34 bits per heavy atom. The lowest BCUT2D eigenvalue weighted by molar-refractivity contribution is -0.119. The normalized spacial score (nSPS) is 16.8. The summed E-state index contributed by atoms with van der Waals surface area (Å²) in [6.45, 7) is 1.76. The Bertz CT molecular complexity index is 944. The van der Waals surface area contributed by atoms with Crippen LogP contribution in [-0.4, -0.2) is 51.2 Å². The number of nitrogens with zero attached hydrogens (tertiary/aromatic N) is 5. The quantitative estimate of drug-likeness (QED) is 0.651. The minimum atomic E-state index is -0.260. The van der Waals surface area contributed by atoms with Crippen molar-refractivity contribution in [2.24, 2.45) is 0 Å². The van der Waals surface area contributed by atoms with E-state index in [1.807, 2.05) is 12.3 Å². The van der Waals surface area contributed by atoms with Crippen molar-refractivity contribution in [2.45, 2.75) is 25.4 Å². The average Bonchev–Trinajstić information content (AvgIpc) is 3.39. The first-order chi connectivity index (χ1) is 14.2. The van der Waals surface area contributed by atoms with Crippen molar-refractivity contribution in [3.63, 3.8) is 0 Å². The van der Waals surface area contributed by atoms with Crippen LogP contribution in [-0.2, 0) is 16.1 Å². The molecule has 3 aromatic heterocycles. The summed E-state index contributed by atoms with van der Waals surface area (Å²) in [5, 5.41) is 6.77. The summed E-state index contributed by atoms with van der Waals surface area (Å²) in [6.07, 6.45) is 7.33. The Morgan fingerprint density at radius 2 is 2.28 bits per heavy atom. The molecule has 1 N–H and O–H groups in total. The number of carbonyl (C=O) groups is 1. The van der Waals surface area contributed by atoms with E-state index >= 15 is 0 Å². The number of hydrogen-bond donors (Lipinski definition) is 1. The summed E-state index contributed by atoms with van der Waals surface area (Å²) < 4.78 is 10.4. The highest BCUT2D eigenvalue weighted by Gasteiger charge is 2.30. The molecule has 150 valence electrons. The molecule has 29 heavy (non-hydrogen) atoms. The Kier molecular flexibility index (Phi) is 5.87. The van der Waals surface area contributed by atoms with Crippen molar-refractivity contribution in [1.29, 1.82) is 0 Å². The number of amides is 1. The van der Waals surface area contributed by atoms with Gasteiger partial charge in [-0.15, -0.1) is 0 Å². The van der Waals surface area contributed by atoms with E-state index in [0.29, 0.717) is 17.5 Å². The molecular weight excluding hydrogens is 372 g/mol. The van der Waals surface area contributed by atoms with Gasteiger partial charge in [-0.2, -0.15) is 4.98 Å². The van der Waals surface area contributed by atoms with Crippen LogP contribution in [0.25, 0.3) is 11.4 Å². The molecule has 0 spiro atoms. The molecule has 1 aliphatic rings. The van der Waals surface area contributed by atoms with Crippen LogP contribution in [0.5, 0.6) is 0 Å². The van der Waals surface area contributed by atoms with Crippen LogP contribution < -0.4 is 5.32 Å². The fraction of sp³-hybridized carbons (Fsp3) is 0.350. The summed E-state index contributed by atoms with van der Waals surface area (Å²) in [7, 11) is 1.46. The molecule has 1 saturated heterocycles. The Morgan fingerprint density at radius 3 is 3.03 bits per heavy atom. The smallest absolute Gasteiger partial charge is 0.251 e. The van der Waals surface area contributed by atoms with E-state index in [0.717, 1.165) is 37.1 Å². The fourth-order valence-corrected chi connectivity index (χ4v) is 3.42. The Balaban J connectivity index is 1.44. The molecule has 1 aliphatic heterocycles. The fourth-order valence-electron chi connectivity index (χ4n) is 3.42. The van der Waals surface area contributed by atoms with Gasteiger partial charge >= 0.3 is 0 Å². The van der Waals surface area contributed by atoms with Crippen molar-refractivity contribution in [2.75, 3.05) is 25.6 Å². The average molecular weight is 394 g/mol. The third-order valence-electron chi connectivity index (χ3n) is 4.76. The molecule has 0 aromatic carbocycles. The molecule has 0 bridgehead atoms. The predicted octanol–water partition coefficient (Wildman–Crippen LogP) is 2.45. The summed E-state index contributed by atoms with van der Waals surface area (Å²) in [6, 6.07) is 7.60. The molecule has 9 heteroatoms. The number of nitrogens with one attached hydrogen (secondary N) is 1. The zero-order valence-corrected chi connectivity index (χ0v) is 16.1. The topological polar surface area (TPSA) is 106 Å². The molecule has 1 fully saturated rings. The van der Waals surface area contributed by atoms with Crippen molar-refractivity contribution >= 4 is 11.7 Å². The minimum absolute atomic E-state index is 0.0193.